The Morgan fingerprint density at radius 2 is 2.07 bits per heavy atom. The van der Waals surface area contributed by atoms with Crippen LogP contribution in [0.1, 0.15) is 19.3 Å². The average molecular weight is 260 g/mol. The van der Waals surface area contributed by atoms with Gasteiger partial charge in [0.2, 0.25) is 0 Å². The van der Waals surface area contributed by atoms with E-state index in [9.17, 15) is 18.6 Å². The first-order valence-electron chi connectivity index (χ1n) is 4.59. The van der Waals surface area contributed by atoms with Crippen LogP contribution >= 0.6 is 12.4 Å². The van der Waals surface area contributed by atoms with Crippen molar-refractivity contribution in [2.24, 2.45) is 5.73 Å². The van der Waals surface area contributed by atoms with E-state index >= 15 is 0 Å². The lowest BCUT2D eigenvalue weighted by Crippen LogP contribution is -2.54. The van der Waals surface area contributed by atoms with Crippen LogP contribution in [0.2, 0.25) is 0 Å². The molecule has 1 saturated carbocycles. The van der Waals surface area contributed by atoms with Crippen LogP contribution < -0.4 is 5.73 Å². The van der Waals surface area contributed by atoms with Gasteiger partial charge in [0.25, 0.3) is 0 Å². The van der Waals surface area contributed by atoms with Crippen molar-refractivity contribution in [2.75, 3.05) is 12.8 Å². The fourth-order valence-electron chi connectivity index (χ4n) is 1.79. The molecule has 0 bridgehead atoms. The minimum absolute atomic E-state index is 0. The van der Waals surface area contributed by atoms with Crippen LogP contribution in [-0.4, -0.2) is 48.4 Å². The Morgan fingerprint density at radius 3 is 2.40 bits per heavy atom. The molecule has 5 nitrogen and oxygen atoms in total. The molecule has 7 heteroatoms. The van der Waals surface area contributed by atoms with E-state index in [-0.39, 0.29) is 31.8 Å². The molecule has 0 spiro atoms. The highest BCUT2D eigenvalue weighted by Crippen LogP contribution is 2.31. The van der Waals surface area contributed by atoms with Gasteiger partial charge in [0.05, 0.1) is 11.4 Å². The van der Waals surface area contributed by atoms with Crippen LogP contribution in [0.5, 0.6) is 0 Å². The number of aliphatic hydroxyl groups is 2. The van der Waals surface area contributed by atoms with Crippen molar-refractivity contribution in [1.29, 1.82) is 0 Å². The summed E-state index contributed by atoms with van der Waals surface area (Å²) in [5.74, 6) is 0. The fraction of sp³-hybridized carbons (Fsp3) is 1.00. The highest BCUT2D eigenvalue weighted by molar-refractivity contribution is 7.91. The minimum atomic E-state index is -3.13. The predicted octanol–water partition coefficient (Wildman–Crippen LogP) is -0.944. The maximum absolute atomic E-state index is 11.2. The summed E-state index contributed by atoms with van der Waals surface area (Å²) >= 11 is 0. The highest BCUT2D eigenvalue weighted by Gasteiger charge is 2.42. The van der Waals surface area contributed by atoms with E-state index in [1.54, 1.807) is 0 Å². The number of nitrogens with two attached hydrogens (primary N) is 1. The molecule has 0 aromatic rings. The molecule has 0 aliphatic heterocycles. The predicted molar refractivity (Wildman–Crippen MR) is 59.7 cm³/mol. The van der Waals surface area contributed by atoms with Gasteiger partial charge in [-0.15, -0.1) is 12.4 Å². The molecule has 0 radical (unpaired) electrons. The Hall–Kier alpha value is 0.120. The summed E-state index contributed by atoms with van der Waals surface area (Å²) in [6.45, 7) is -0.0371. The standard InChI is InChI=1S/C8H17NO4S.ClH/c1-14(12,13)6-2-3-8(11,5-9)7(10)4-6;/h6-7,10-11H,2-5,9H2,1H3;1H/t6-,7-,8-;/m0./s1. The lowest BCUT2D eigenvalue weighted by molar-refractivity contribution is -0.0915. The van der Waals surface area contributed by atoms with E-state index in [1.807, 2.05) is 0 Å². The van der Waals surface area contributed by atoms with Gasteiger partial charge in [-0.05, 0) is 19.3 Å². The number of hydrogen-bond acceptors (Lipinski definition) is 5. The second-order valence-electron chi connectivity index (χ2n) is 4.05. The number of rotatable bonds is 2. The molecule has 0 amide bonds. The van der Waals surface area contributed by atoms with Crippen molar-refractivity contribution in [2.45, 2.75) is 36.2 Å². The molecule has 1 aliphatic carbocycles. The molecular weight excluding hydrogens is 242 g/mol. The van der Waals surface area contributed by atoms with Gasteiger partial charge in [0.1, 0.15) is 15.4 Å². The van der Waals surface area contributed by atoms with Crippen LogP contribution in [0.25, 0.3) is 0 Å². The Balaban J connectivity index is 0.00000196. The Bertz CT molecular complexity index is 308. The molecule has 0 heterocycles. The van der Waals surface area contributed by atoms with Crippen molar-refractivity contribution < 1.29 is 18.6 Å². The molecule has 0 unspecified atom stereocenters. The van der Waals surface area contributed by atoms with Gasteiger partial charge < -0.3 is 15.9 Å². The molecule has 4 N–H and O–H groups in total. The number of sulfone groups is 1. The summed E-state index contributed by atoms with van der Waals surface area (Å²) in [7, 11) is -3.13. The lowest BCUT2D eigenvalue weighted by Gasteiger charge is -2.38. The van der Waals surface area contributed by atoms with Crippen LogP contribution in [0.3, 0.4) is 0 Å². The first-order chi connectivity index (χ1) is 6.29. The number of hydrogen-bond donors (Lipinski definition) is 3. The Morgan fingerprint density at radius 1 is 1.53 bits per heavy atom. The van der Waals surface area contributed by atoms with Gasteiger partial charge in [-0.2, -0.15) is 0 Å². The third-order valence-electron chi connectivity index (χ3n) is 2.96. The monoisotopic (exact) mass is 259 g/mol. The summed E-state index contributed by atoms with van der Waals surface area (Å²) < 4.78 is 22.4. The van der Waals surface area contributed by atoms with Crippen molar-refractivity contribution in [1.82, 2.24) is 0 Å². The van der Waals surface area contributed by atoms with Gasteiger partial charge in [0, 0.05) is 12.8 Å². The van der Waals surface area contributed by atoms with E-state index < -0.39 is 26.8 Å². The van der Waals surface area contributed by atoms with Gasteiger partial charge in [-0.3, -0.25) is 0 Å². The molecule has 1 rings (SSSR count). The van der Waals surface area contributed by atoms with Crippen LogP contribution in [0, 0.1) is 0 Å². The van der Waals surface area contributed by atoms with E-state index in [1.165, 1.54) is 0 Å². The fourth-order valence-corrected chi connectivity index (χ4v) is 2.87. The quantitative estimate of drug-likeness (QED) is 0.594. The molecule has 1 aliphatic rings. The van der Waals surface area contributed by atoms with E-state index in [2.05, 4.69) is 0 Å². The third-order valence-corrected chi connectivity index (χ3v) is 4.60. The third kappa shape index (κ3) is 3.29. The van der Waals surface area contributed by atoms with Gasteiger partial charge in [-0.25, -0.2) is 8.42 Å². The van der Waals surface area contributed by atoms with Gasteiger partial charge in [-0.1, -0.05) is 0 Å². The smallest absolute Gasteiger partial charge is 0.150 e. The molecule has 3 atom stereocenters. The lowest BCUT2D eigenvalue weighted by atomic mass is 9.82. The molecule has 1 fully saturated rings. The van der Waals surface area contributed by atoms with E-state index in [0.717, 1.165) is 6.26 Å². The first-order valence-corrected chi connectivity index (χ1v) is 6.54. The Kier molecular flexibility index (Phi) is 5.01. The maximum atomic E-state index is 11.2. The van der Waals surface area contributed by atoms with Gasteiger partial charge in [0.15, 0.2) is 0 Å². The summed E-state index contributed by atoms with van der Waals surface area (Å²) in [6.07, 6.45) is 0.788. The zero-order chi connectivity index (χ0) is 11.0. The second-order valence-corrected chi connectivity index (χ2v) is 6.38. The van der Waals surface area contributed by atoms with Crippen LogP contribution in [-0.2, 0) is 9.84 Å². The summed E-state index contributed by atoms with van der Waals surface area (Å²) in [5, 5.41) is 18.8. The highest BCUT2D eigenvalue weighted by atomic mass is 35.5. The molecular formula is C8H18ClNO4S. The first kappa shape index (κ1) is 15.1. The Labute approximate surface area is 96.0 Å². The summed E-state index contributed by atoms with van der Waals surface area (Å²) in [4.78, 5) is 0. The summed E-state index contributed by atoms with van der Waals surface area (Å²) in [5.41, 5.74) is 4.02. The van der Waals surface area contributed by atoms with E-state index in [4.69, 9.17) is 5.73 Å². The number of aliphatic hydroxyl groups excluding tert-OH is 1. The minimum Gasteiger partial charge on any atom is -0.390 e. The molecule has 92 valence electrons. The van der Waals surface area contributed by atoms with Gasteiger partial charge >= 0.3 is 0 Å². The van der Waals surface area contributed by atoms with E-state index in [0.29, 0.717) is 6.42 Å². The number of halogens is 1. The maximum Gasteiger partial charge on any atom is 0.150 e. The normalized spacial score (nSPS) is 37.1. The van der Waals surface area contributed by atoms with Crippen molar-refractivity contribution in [3.63, 3.8) is 0 Å². The molecule has 15 heavy (non-hydrogen) atoms. The SMILES string of the molecule is CS(=O)(=O)[C@H]1CC[C@](O)(CN)[C@@H](O)C1.Cl. The zero-order valence-corrected chi connectivity index (χ0v) is 10.2. The summed E-state index contributed by atoms with van der Waals surface area (Å²) in [6, 6.07) is 0. The van der Waals surface area contributed by atoms with Crippen molar-refractivity contribution in [3.8, 4) is 0 Å². The van der Waals surface area contributed by atoms with Crippen molar-refractivity contribution >= 4 is 22.2 Å². The molecule has 0 aromatic heterocycles. The molecule has 0 aromatic carbocycles. The second kappa shape index (κ2) is 4.97. The average Bonchev–Trinajstić information content (AvgIpc) is 2.08. The van der Waals surface area contributed by atoms with Crippen molar-refractivity contribution in [3.05, 3.63) is 0 Å². The molecule has 0 saturated heterocycles. The van der Waals surface area contributed by atoms with Crippen LogP contribution in [0.15, 0.2) is 0 Å². The van der Waals surface area contributed by atoms with Crippen LogP contribution in [0.4, 0.5) is 0 Å². The largest absolute Gasteiger partial charge is 0.390 e. The topological polar surface area (TPSA) is 101 Å². The zero-order valence-electron chi connectivity index (χ0n) is 8.59.